The third-order valence-corrected chi connectivity index (χ3v) is 4.64. The summed E-state index contributed by atoms with van der Waals surface area (Å²) in [6.07, 6.45) is 1.85. The van der Waals surface area contributed by atoms with E-state index in [4.69, 9.17) is 14.2 Å². The molecule has 0 aliphatic heterocycles. The molecule has 1 N–H and O–H groups in total. The quantitative estimate of drug-likeness (QED) is 0.401. The molecule has 0 fully saturated rings. The second-order valence-corrected chi connectivity index (χ2v) is 6.96. The van der Waals surface area contributed by atoms with Crippen molar-refractivity contribution in [2.45, 2.75) is 19.8 Å². The van der Waals surface area contributed by atoms with Crippen LogP contribution >= 0.6 is 0 Å². The summed E-state index contributed by atoms with van der Waals surface area (Å²) < 4.78 is 16.9. The average Bonchev–Trinajstić information content (AvgIpc) is 2.81. The zero-order chi connectivity index (χ0) is 21.7. The van der Waals surface area contributed by atoms with Gasteiger partial charge in [-0.3, -0.25) is 4.79 Å². The highest BCUT2D eigenvalue weighted by Crippen LogP contribution is 2.25. The molecule has 1 amide bonds. The fraction of sp³-hybridized carbons (Fsp3) is 0.269. The first-order valence-corrected chi connectivity index (χ1v) is 10.6. The Kier molecular flexibility index (Phi) is 8.95. The van der Waals surface area contributed by atoms with E-state index in [0.29, 0.717) is 49.2 Å². The molecule has 0 unspecified atom stereocenters. The van der Waals surface area contributed by atoms with Crippen LogP contribution in [0.15, 0.2) is 78.9 Å². The first-order chi connectivity index (χ1) is 15.3. The van der Waals surface area contributed by atoms with Gasteiger partial charge in [-0.25, -0.2) is 0 Å². The van der Waals surface area contributed by atoms with Crippen LogP contribution in [0.1, 0.15) is 29.3 Å². The largest absolute Gasteiger partial charge is 0.491 e. The zero-order valence-electron chi connectivity index (χ0n) is 17.9. The molecule has 0 aromatic heterocycles. The number of carbonyl (C=O) groups is 1. The van der Waals surface area contributed by atoms with E-state index >= 15 is 0 Å². The summed E-state index contributed by atoms with van der Waals surface area (Å²) in [5.41, 5.74) is 2.46. The van der Waals surface area contributed by atoms with Crippen LogP contribution in [0.5, 0.6) is 11.5 Å². The molecule has 0 saturated heterocycles. The smallest absolute Gasteiger partial charge is 0.255 e. The Morgan fingerprint density at radius 1 is 0.839 bits per heavy atom. The molecule has 0 spiro atoms. The van der Waals surface area contributed by atoms with Crippen LogP contribution in [0.4, 0.5) is 5.69 Å². The molecule has 0 saturated carbocycles. The van der Waals surface area contributed by atoms with Crippen molar-refractivity contribution in [1.82, 2.24) is 0 Å². The Balaban J connectivity index is 1.54. The molecule has 5 heteroatoms. The van der Waals surface area contributed by atoms with Crippen molar-refractivity contribution >= 4 is 11.6 Å². The van der Waals surface area contributed by atoms with Crippen molar-refractivity contribution in [3.63, 3.8) is 0 Å². The molecule has 3 aromatic rings. The van der Waals surface area contributed by atoms with Crippen molar-refractivity contribution in [2.24, 2.45) is 0 Å². The van der Waals surface area contributed by atoms with Gasteiger partial charge in [0.05, 0.1) is 18.9 Å². The standard InChI is InChI=1S/C26H29NO4/c1-2-29-18-19-30-23-14-8-13-22(20-23)26(28)27-24-15-6-7-16-25(24)31-17-9-12-21-10-4-3-5-11-21/h3-8,10-11,13-16,20H,2,9,12,17-19H2,1H3,(H,27,28). The summed E-state index contributed by atoms with van der Waals surface area (Å²) in [6.45, 7) is 4.13. The fourth-order valence-electron chi connectivity index (χ4n) is 3.08. The molecule has 0 heterocycles. The van der Waals surface area contributed by atoms with E-state index in [9.17, 15) is 4.79 Å². The molecule has 0 radical (unpaired) electrons. The Bertz CT molecular complexity index is 943. The molecule has 0 atom stereocenters. The van der Waals surface area contributed by atoms with E-state index in [0.717, 1.165) is 12.8 Å². The average molecular weight is 420 g/mol. The third kappa shape index (κ3) is 7.46. The lowest BCUT2D eigenvalue weighted by molar-refractivity contribution is 0.102. The van der Waals surface area contributed by atoms with Gasteiger partial charge in [-0.2, -0.15) is 0 Å². The lowest BCUT2D eigenvalue weighted by Crippen LogP contribution is -2.13. The van der Waals surface area contributed by atoms with Gasteiger partial charge >= 0.3 is 0 Å². The normalized spacial score (nSPS) is 10.5. The second kappa shape index (κ2) is 12.4. The van der Waals surface area contributed by atoms with Gasteiger partial charge in [0.2, 0.25) is 0 Å². The van der Waals surface area contributed by atoms with Crippen LogP contribution in [0.25, 0.3) is 0 Å². The molecule has 5 nitrogen and oxygen atoms in total. The first-order valence-electron chi connectivity index (χ1n) is 10.6. The van der Waals surface area contributed by atoms with Crippen LogP contribution < -0.4 is 14.8 Å². The highest BCUT2D eigenvalue weighted by atomic mass is 16.5. The van der Waals surface area contributed by atoms with Crippen molar-refractivity contribution in [1.29, 1.82) is 0 Å². The van der Waals surface area contributed by atoms with Crippen molar-refractivity contribution < 1.29 is 19.0 Å². The maximum Gasteiger partial charge on any atom is 0.255 e. The summed E-state index contributed by atoms with van der Waals surface area (Å²) in [7, 11) is 0. The number of ether oxygens (including phenoxy) is 3. The lowest BCUT2D eigenvalue weighted by Gasteiger charge is -2.13. The Morgan fingerprint density at radius 3 is 2.48 bits per heavy atom. The van der Waals surface area contributed by atoms with Gasteiger partial charge in [0, 0.05) is 12.2 Å². The second-order valence-electron chi connectivity index (χ2n) is 6.96. The number of nitrogens with one attached hydrogen (secondary N) is 1. The van der Waals surface area contributed by atoms with Crippen LogP contribution in [-0.4, -0.2) is 32.3 Å². The van der Waals surface area contributed by atoms with Crippen LogP contribution in [0, 0.1) is 0 Å². The minimum absolute atomic E-state index is 0.212. The third-order valence-electron chi connectivity index (χ3n) is 4.64. The van der Waals surface area contributed by atoms with Gasteiger partial charge in [0.1, 0.15) is 18.1 Å². The van der Waals surface area contributed by atoms with Crippen LogP contribution in [-0.2, 0) is 11.2 Å². The molecule has 0 bridgehead atoms. The number of aryl methyl sites for hydroxylation is 1. The summed E-state index contributed by atoms with van der Waals surface area (Å²) in [5, 5.41) is 2.94. The van der Waals surface area contributed by atoms with Gasteiger partial charge in [0.15, 0.2) is 0 Å². The number of hydrogen-bond donors (Lipinski definition) is 1. The van der Waals surface area contributed by atoms with Crippen LogP contribution in [0.3, 0.4) is 0 Å². The van der Waals surface area contributed by atoms with Gasteiger partial charge in [-0.1, -0.05) is 48.5 Å². The predicted molar refractivity (Wildman–Crippen MR) is 123 cm³/mol. The summed E-state index contributed by atoms with van der Waals surface area (Å²) in [4.78, 5) is 12.8. The molecule has 0 aliphatic carbocycles. The number of anilines is 1. The molecule has 0 aliphatic rings. The highest BCUT2D eigenvalue weighted by Gasteiger charge is 2.11. The predicted octanol–water partition coefficient (Wildman–Crippen LogP) is 5.37. The topological polar surface area (TPSA) is 56.8 Å². The van der Waals surface area contributed by atoms with E-state index in [1.54, 1.807) is 18.2 Å². The van der Waals surface area contributed by atoms with Gasteiger partial charge in [-0.15, -0.1) is 0 Å². The first kappa shape index (κ1) is 22.4. The maximum absolute atomic E-state index is 12.8. The molecule has 162 valence electrons. The summed E-state index contributed by atoms with van der Waals surface area (Å²) in [5.74, 6) is 1.08. The van der Waals surface area contributed by atoms with Crippen molar-refractivity contribution in [3.05, 3.63) is 90.0 Å². The highest BCUT2D eigenvalue weighted by molar-refractivity contribution is 6.05. The van der Waals surface area contributed by atoms with Gasteiger partial charge < -0.3 is 19.5 Å². The SMILES string of the molecule is CCOCCOc1cccc(C(=O)Nc2ccccc2OCCCc2ccccc2)c1. The number of hydrogen-bond acceptors (Lipinski definition) is 4. The number of carbonyl (C=O) groups excluding carboxylic acids is 1. The number of para-hydroxylation sites is 2. The van der Waals surface area contributed by atoms with E-state index in [2.05, 4.69) is 17.4 Å². The maximum atomic E-state index is 12.8. The van der Waals surface area contributed by atoms with E-state index in [1.165, 1.54) is 5.56 Å². The summed E-state index contributed by atoms with van der Waals surface area (Å²) in [6, 6.07) is 24.9. The Labute approximate surface area is 184 Å². The fourth-order valence-corrected chi connectivity index (χ4v) is 3.08. The minimum atomic E-state index is -0.212. The minimum Gasteiger partial charge on any atom is -0.491 e. The molecule has 3 rings (SSSR count). The summed E-state index contributed by atoms with van der Waals surface area (Å²) >= 11 is 0. The molecular formula is C26H29NO4. The monoisotopic (exact) mass is 419 g/mol. The van der Waals surface area contributed by atoms with Crippen molar-refractivity contribution in [2.75, 3.05) is 31.7 Å². The molecule has 31 heavy (non-hydrogen) atoms. The number of rotatable bonds is 12. The van der Waals surface area contributed by atoms with Crippen LogP contribution in [0.2, 0.25) is 0 Å². The molecular weight excluding hydrogens is 390 g/mol. The van der Waals surface area contributed by atoms with E-state index < -0.39 is 0 Å². The van der Waals surface area contributed by atoms with E-state index in [-0.39, 0.29) is 5.91 Å². The van der Waals surface area contributed by atoms with E-state index in [1.807, 2.05) is 55.5 Å². The van der Waals surface area contributed by atoms with Crippen molar-refractivity contribution in [3.8, 4) is 11.5 Å². The molecule has 3 aromatic carbocycles. The lowest BCUT2D eigenvalue weighted by atomic mass is 10.1. The van der Waals surface area contributed by atoms with Gasteiger partial charge in [0.25, 0.3) is 5.91 Å². The zero-order valence-corrected chi connectivity index (χ0v) is 17.9. The Morgan fingerprint density at radius 2 is 1.65 bits per heavy atom. The number of amides is 1. The number of benzene rings is 3. The Hall–Kier alpha value is -3.31. The van der Waals surface area contributed by atoms with Gasteiger partial charge in [-0.05, 0) is 55.7 Å².